The molecule has 0 atom stereocenters. The van der Waals surface area contributed by atoms with Crippen LogP contribution in [0.1, 0.15) is 6.92 Å². The van der Waals surface area contributed by atoms with E-state index in [2.05, 4.69) is 30.9 Å². The molecule has 0 fully saturated rings. The normalized spacial score (nSPS) is 10.6. The Morgan fingerprint density at radius 3 is 2.43 bits per heavy atom. The average Bonchev–Trinajstić information content (AvgIpc) is 2.99. The van der Waals surface area contributed by atoms with Gasteiger partial charge in [-0.05, 0) is 42.5 Å². The highest BCUT2D eigenvalue weighted by molar-refractivity contribution is 5.88. The Morgan fingerprint density at radius 2 is 1.68 bits per heavy atom. The number of hydrogen-bond donors (Lipinski definition) is 3. The quantitative estimate of drug-likeness (QED) is 0.492. The van der Waals surface area contributed by atoms with Gasteiger partial charge < -0.3 is 15.2 Å². The van der Waals surface area contributed by atoms with Gasteiger partial charge in [-0.15, -0.1) is 0 Å². The van der Waals surface area contributed by atoms with Crippen molar-refractivity contribution in [3.63, 3.8) is 0 Å². The highest BCUT2D eigenvalue weighted by Gasteiger charge is 2.09. The highest BCUT2D eigenvalue weighted by Crippen LogP contribution is 2.21. The van der Waals surface area contributed by atoms with Crippen molar-refractivity contribution in [3.05, 3.63) is 60.8 Å². The number of nitrogens with zero attached hydrogens (tertiary/aromatic N) is 4. The van der Waals surface area contributed by atoms with E-state index in [0.29, 0.717) is 17.7 Å². The number of nitrogens with one attached hydrogen (secondary N) is 3. The van der Waals surface area contributed by atoms with E-state index >= 15 is 0 Å². The number of aryl methyl sites for hydroxylation is 1. The van der Waals surface area contributed by atoms with E-state index in [9.17, 15) is 4.79 Å². The van der Waals surface area contributed by atoms with Gasteiger partial charge in [-0.3, -0.25) is 10.1 Å². The van der Waals surface area contributed by atoms with Crippen molar-refractivity contribution in [1.82, 2.24) is 19.5 Å². The zero-order valence-corrected chi connectivity index (χ0v) is 15.5. The van der Waals surface area contributed by atoms with Crippen molar-refractivity contribution in [2.45, 2.75) is 6.92 Å². The van der Waals surface area contributed by atoms with E-state index < -0.39 is 0 Å². The number of rotatable bonds is 5. The fourth-order valence-corrected chi connectivity index (χ4v) is 2.83. The lowest BCUT2D eigenvalue weighted by atomic mass is 10.2. The van der Waals surface area contributed by atoms with Crippen LogP contribution in [0.25, 0.3) is 11.0 Å². The first-order chi connectivity index (χ1) is 13.6. The number of carbonyl (C=O) groups excluding carboxylic acids is 1. The van der Waals surface area contributed by atoms with Crippen LogP contribution in [-0.2, 0) is 11.8 Å². The molecule has 28 heavy (non-hydrogen) atoms. The molecule has 4 aromatic rings. The molecule has 0 spiro atoms. The number of hydrogen-bond acceptors (Lipinski definition) is 6. The molecule has 0 aliphatic rings. The number of imidazole rings is 1. The Balaban J connectivity index is 1.51. The molecule has 8 nitrogen and oxygen atoms in total. The first kappa shape index (κ1) is 17.5. The number of anilines is 5. The molecule has 0 saturated carbocycles. The van der Waals surface area contributed by atoms with Gasteiger partial charge in [0.2, 0.25) is 17.8 Å². The maximum atomic E-state index is 11.1. The summed E-state index contributed by atoms with van der Waals surface area (Å²) < 4.78 is 1.96. The van der Waals surface area contributed by atoms with E-state index in [1.807, 2.05) is 60.1 Å². The van der Waals surface area contributed by atoms with Gasteiger partial charge in [0.05, 0.1) is 11.0 Å². The number of aromatic nitrogens is 4. The summed E-state index contributed by atoms with van der Waals surface area (Å²) in [4.78, 5) is 24.4. The molecule has 0 saturated heterocycles. The van der Waals surface area contributed by atoms with Crippen molar-refractivity contribution in [2.75, 3.05) is 16.0 Å². The maximum Gasteiger partial charge on any atom is 0.231 e. The highest BCUT2D eigenvalue weighted by atomic mass is 16.1. The first-order valence-electron chi connectivity index (χ1n) is 8.75. The molecule has 0 unspecified atom stereocenters. The van der Waals surface area contributed by atoms with Crippen LogP contribution < -0.4 is 16.0 Å². The molecule has 140 valence electrons. The van der Waals surface area contributed by atoms with Crippen LogP contribution in [0, 0.1) is 0 Å². The third-order valence-electron chi connectivity index (χ3n) is 4.14. The zero-order valence-electron chi connectivity index (χ0n) is 15.5. The van der Waals surface area contributed by atoms with Crippen molar-refractivity contribution < 1.29 is 4.79 Å². The number of fused-ring (bicyclic) bond motifs is 1. The van der Waals surface area contributed by atoms with Gasteiger partial charge >= 0.3 is 0 Å². The Hall–Kier alpha value is -3.94. The predicted octanol–water partition coefficient (Wildman–Crippen LogP) is 3.81. The minimum atomic E-state index is -0.103. The van der Waals surface area contributed by atoms with Gasteiger partial charge in [-0.1, -0.05) is 12.1 Å². The predicted molar refractivity (Wildman–Crippen MR) is 110 cm³/mol. The molecule has 2 aromatic heterocycles. The first-order valence-corrected chi connectivity index (χ1v) is 8.75. The lowest BCUT2D eigenvalue weighted by Gasteiger charge is -2.09. The van der Waals surface area contributed by atoms with Crippen LogP contribution in [0.2, 0.25) is 0 Å². The fraction of sp³-hybridized carbons (Fsp3) is 0.100. The monoisotopic (exact) mass is 373 g/mol. The average molecular weight is 373 g/mol. The summed E-state index contributed by atoms with van der Waals surface area (Å²) in [6, 6.07) is 17.1. The molecule has 2 heterocycles. The topological polar surface area (TPSA) is 96.8 Å². The molecular formula is C20H19N7O. The summed E-state index contributed by atoms with van der Waals surface area (Å²) >= 11 is 0. The minimum absolute atomic E-state index is 0.103. The molecule has 4 rings (SSSR count). The van der Waals surface area contributed by atoms with Crippen LogP contribution in [0.15, 0.2) is 60.8 Å². The second-order valence-electron chi connectivity index (χ2n) is 6.26. The third kappa shape index (κ3) is 3.75. The number of carbonyl (C=O) groups is 1. The molecule has 0 aliphatic heterocycles. The van der Waals surface area contributed by atoms with E-state index in [4.69, 9.17) is 0 Å². The summed E-state index contributed by atoms with van der Waals surface area (Å²) in [5, 5.41) is 9.12. The number of benzene rings is 2. The SMILES string of the molecule is CC(=O)Nc1ccc(Nc2ccnc(Nc3nc4ccccc4n3C)n2)cc1. The maximum absolute atomic E-state index is 11.1. The zero-order chi connectivity index (χ0) is 19.5. The van der Waals surface area contributed by atoms with Crippen LogP contribution in [0.3, 0.4) is 0 Å². The summed E-state index contributed by atoms with van der Waals surface area (Å²) in [5.41, 5.74) is 3.52. The van der Waals surface area contributed by atoms with Crippen LogP contribution in [-0.4, -0.2) is 25.4 Å². The summed E-state index contributed by atoms with van der Waals surface area (Å²) in [7, 11) is 1.94. The second kappa shape index (κ2) is 7.36. The molecule has 0 aliphatic carbocycles. The number of para-hydroxylation sites is 2. The third-order valence-corrected chi connectivity index (χ3v) is 4.14. The Bertz CT molecular complexity index is 1130. The van der Waals surface area contributed by atoms with E-state index in [0.717, 1.165) is 22.4 Å². The van der Waals surface area contributed by atoms with E-state index in [-0.39, 0.29) is 5.91 Å². The van der Waals surface area contributed by atoms with Gasteiger partial charge in [-0.2, -0.15) is 4.98 Å². The van der Waals surface area contributed by atoms with Crippen molar-refractivity contribution >= 4 is 46.0 Å². The fourth-order valence-electron chi connectivity index (χ4n) is 2.83. The lowest BCUT2D eigenvalue weighted by Crippen LogP contribution is -2.06. The molecule has 8 heteroatoms. The second-order valence-corrected chi connectivity index (χ2v) is 6.26. The minimum Gasteiger partial charge on any atom is -0.340 e. The Labute approximate surface area is 161 Å². The van der Waals surface area contributed by atoms with Crippen molar-refractivity contribution in [1.29, 1.82) is 0 Å². The molecule has 1 amide bonds. The largest absolute Gasteiger partial charge is 0.340 e. The smallest absolute Gasteiger partial charge is 0.231 e. The van der Waals surface area contributed by atoms with Gasteiger partial charge in [0.25, 0.3) is 0 Å². The molecule has 2 aromatic carbocycles. The van der Waals surface area contributed by atoms with Crippen LogP contribution in [0.5, 0.6) is 0 Å². The van der Waals surface area contributed by atoms with Gasteiger partial charge in [-0.25, -0.2) is 9.97 Å². The van der Waals surface area contributed by atoms with Crippen LogP contribution >= 0.6 is 0 Å². The van der Waals surface area contributed by atoms with E-state index in [1.165, 1.54) is 6.92 Å². The molecular weight excluding hydrogens is 354 g/mol. The number of amides is 1. The van der Waals surface area contributed by atoms with Gasteiger partial charge in [0, 0.05) is 31.5 Å². The Morgan fingerprint density at radius 1 is 0.929 bits per heavy atom. The summed E-state index contributed by atoms with van der Waals surface area (Å²) in [5.74, 6) is 1.65. The molecule has 3 N–H and O–H groups in total. The standard InChI is InChI=1S/C20H19N7O/c1-13(28)22-14-7-9-15(10-8-14)23-18-11-12-21-19(25-18)26-20-24-16-5-3-4-6-17(16)27(20)2/h3-12H,1-2H3,(H,22,28)(H2,21,23,24,25,26). The lowest BCUT2D eigenvalue weighted by molar-refractivity contribution is -0.114. The van der Waals surface area contributed by atoms with Crippen molar-refractivity contribution in [2.24, 2.45) is 7.05 Å². The summed E-state index contributed by atoms with van der Waals surface area (Å²) in [6.45, 7) is 1.48. The van der Waals surface area contributed by atoms with Crippen LogP contribution in [0.4, 0.5) is 29.1 Å². The molecule has 0 bridgehead atoms. The van der Waals surface area contributed by atoms with Gasteiger partial charge in [0.1, 0.15) is 5.82 Å². The van der Waals surface area contributed by atoms with Gasteiger partial charge in [0.15, 0.2) is 0 Å². The molecule has 0 radical (unpaired) electrons. The Kier molecular flexibility index (Phi) is 4.59. The summed E-state index contributed by atoms with van der Waals surface area (Å²) in [6.07, 6.45) is 1.67. The van der Waals surface area contributed by atoms with Crippen molar-refractivity contribution in [3.8, 4) is 0 Å². The van der Waals surface area contributed by atoms with E-state index in [1.54, 1.807) is 12.3 Å².